The first-order valence-corrected chi connectivity index (χ1v) is 6.27. The van der Waals surface area contributed by atoms with Crippen molar-refractivity contribution in [1.82, 2.24) is 5.32 Å². The fourth-order valence-corrected chi connectivity index (χ4v) is 1.49. The monoisotopic (exact) mass is 257 g/mol. The molecule has 0 spiro atoms. The normalized spacial score (nSPS) is 17.6. The smallest absolute Gasteiger partial charge is 0.306 e. The number of carbonyl (C=O) groups is 2. The second-order valence-electron chi connectivity index (χ2n) is 4.94. The first-order chi connectivity index (χ1) is 8.45. The molecule has 1 rings (SSSR count). The summed E-state index contributed by atoms with van der Waals surface area (Å²) in [6.07, 6.45) is 2.19. The van der Waals surface area contributed by atoms with E-state index in [1.54, 1.807) is 13.8 Å². The lowest BCUT2D eigenvalue weighted by Gasteiger charge is -2.13. The number of esters is 1. The van der Waals surface area contributed by atoms with Crippen LogP contribution in [0.2, 0.25) is 0 Å². The van der Waals surface area contributed by atoms with Gasteiger partial charge in [0, 0.05) is 20.8 Å². The third-order valence-electron chi connectivity index (χ3n) is 2.64. The molecular formula is C12H23N3O3. The Bertz CT molecular complexity index is 328. The molecule has 0 amide bonds. The lowest BCUT2D eigenvalue weighted by molar-refractivity contribution is -0.147. The maximum atomic E-state index is 11.3. The molecule has 6 heteroatoms. The number of nitrogens with one attached hydrogen (secondary N) is 1. The third kappa shape index (κ3) is 5.86. The maximum Gasteiger partial charge on any atom is 0.306 e. The number of nitrogens with zero attached hydrogens (tertiary/aromatic N) is 2. The second-order valence-corrected chi connectivity index (χ2v) is 4.94. The van der Waals surface area contributed by atoms with Crippen molar-refractivity contribution in [3.05, 3.63) is 0 Å². The Morgan fingerprint density at radius 1 is 1.50 bits per heavy atom. The summed E-state index contributed by atoms with van der Waals surface area (Å²) in [4.78, 5) is 22.2. The van der Waals surface area contributed by atoms with Gasteiger partial charge in [-0.1, -0.05) is 0 Å². The lowest BCUT2D eigenvalue weighted by atomic mass is 10.1. The Labute approximate surface area is 109 Å². The molecule has 6 nitrogen and oxygen atoms in total. The summed E-state index contributed by atoms with van der Waals surface area (Å²) in [5.41, 5.74) is -0.253. The van der Waals surface area contributed by atoms with Crippen LogP contribution in [0.5, 0.6) is 0 Å². The Morgan fingerprint density at radius 2 is 2.17 bits per heavy atom. The lowest BCUT2D eigenvalue weighted by Crippen LogP contribution is -2.33. The van der Waals surface area contributed by atoms with E-state index >= 15 is 0 Å². The average molecular weight is 257 g/mol. The van der Waals surface area contributed by atoms with Crippen LogP contribution in [0.25, 0.3) is 0 Å². The van der Waals surface area contributed by atoms with Crippen molar-refractivity contribution in [3.8, 4) is 0 Å². The highest BCUT2D eigenvalue weighted by atomic mass is 16.5. The fourth-order valence-electron chi connectivity index (χ4n) is 1.49. The van der Waals surface area contributed by atoms with Gasteiger partial charge in [-0.15, -0.1) is 0 Å². The SMILES string of the molecule is CC(C)OC(=O)CC[C@@H](C=O)NCCC1(C)N=N1.[HH]. The van der Waals surface area contributed by atoms with Crippen LogP contribution in [-0.2, 0) is 14.3 Å². The summed E-state index contributed by atoms with van der Waals surface area (Å²) in [7, 11) is 0. The largest absolute Gasteiger partial charge is 0.463 e. The maximum absolute atomic E-state index is 11.3. The van der Waals surface area contributed by atoms with E-state index < -0.39 is 0 Å². The molecule has 1 atom stereocenters. The Kier molecular flexibility index (Phi) is 5.40. The summed E-state index contributed by atoms with van der Waals surface area (Å²) in [5.74, 6) is -0.266. The predicted octanol–water partition coefficient (Wildman–Crippen LogP) is 1.69. The van der Waals surface area contributed by atoms with Crippen molar-refractivity contribution in [1.29, 1.82) is 0 Å². The minimum absolute atomic E-state index is 0. The predicted molar refractivity (Wildman–Crippen MR) is 68.3 cm³/mol. The summed E-state index contributed by atoms with van der Waals surface area (Å²) < 4.78 is 5.00. The molecule has 1 N–H and O–H groups in total. The van der Waals surface area contributed by atoms with Crippen LogP contribution < -0.4 is 5.32 Å². The van der Waals surface area contributed by atoms with Gasteiger partial charge in [-0.3, -0.25) is 4.79 Å². The van der Waals surface area contributed by atoms with Gasteiger partial charge in [-0.2, -0.15) is 10.2 Å². The molecule has 1 aliphatic rings. The zero-order valence-electron chi connectivity index (χ0n) is 11.2. The summed E-state index contributed by atoms with van der Waals surface area (Å²) in [5, 5.41) is 10.9. The van der Waals surface area contributed by atoms with Gasteiger partial charge >= 0.3 is 5.97 Å². The van der Waals surface area contributed by atoms with Crippen molar-refractivity contribution in [3.63, 3.8) is 0 Å². The fraction of sp³-hybridized carbons (Fsp3) is 0.833. The molecule has 0 aromatic carbocycles. The minimum Gasteiger partial charge on any atom is -0.463 e. The summed E-state index contributed by atoms with van der Waals surface area (Å²) >= 11 is 0. The molecule has 0 bridgehead atoms. The van der Waals surface area contributed by atoms with Crippen molar-refractivity contribution < 1.29 is 15.8 Å². The number of hydrogen-bond acceptors (Lipinski definition) is 6. The van der Waals surface area contributed by atoms with Gasteiger partial charge in [0.1, 0.15) is 6.29 Å². The van der Waals surface area contributed by atoms with E-state index in [0.29, 0.717) is 13.0 Å². The van der Waals surface area contributed by atoms with E-state index in [2.05, 4.69) is 15.5 Å². The molecule has 18 heavy (non-hydrogen) atoms. The van der Waals surface area contributed by atoms with E-state index in [0.717, 1.165) is 12.7 Å². The van der Waals surface area contributed by atoms with Crippen LogP contribution in [0, 0.1) is 0 Å². The molecule has 0 radical (unpaired) electrons. The highest BCUT2D eigenvalue weighted by molar-refractivity contribution is 5.70. The standard InChI is InChI=1S/C12H21N3O3.H2/c1-9(2)18-11(17)5-4-10(8-16)13-7-6-12(3)14-15-12;/h8-10,13H,4-7H2,1-3H3;1H/t10-;/m0./s1. The van der Waals surface area contributed by atoms with E-state index in [1.165, 1.54) is 0 Å². The molecule has 1 heterocycles. The first-order valence-electron chi connectivity index (χ1n) is 6.27. The first kappa shape index (κ1) is 14.8. The zero-order valence-corrected chi connectivity index (χ0v) is 11.2. The van der Waals surface area contributed by atoms with Crippen molar-refractivity contribution in [2.45, 2.75) is 57.8 Å². The minimum atomic E-state index is -0.313. The van der Waals surface area contributed by atoms with Crippen LogP contribution in [0.1, 0.15) is 41.5 Å². The molecular weight excluding hydrogens is 234 g/mol. The van der Waals surface area contributed by atoms with Gasteiger partial charge in [-0.25, -0.2) is 0 Å². The molecule has 0 aliphatic carbocycles. The van der Waals surface area contributed by atoms with Crippen molar-refractivity contribution in [2.75, 3.05) is 6.54 Å². The van der Waals surface area contributed by atoms with Crippen LogP contribution in [-0.4, -0.2) is 36.6 Å². The van der Waals surface area contributed by atoms with E-state index in [1.807, 2.05) is 6.92 Å². The molecule has 0 unspecified atom stereocenters. The summed E-state index contributed by atoms with van der Waals surface area (Å²) in [6.45, 7) is 6.20. The quantitative estimate of drug-likeness (QED) is 0.503. The van der Waals surface area contributed by atoms with Crippen molar-refractivity contribution in [2.24, 2.45) is 10.2 Å². The summed E-state index contributed by atoms with van der Waals surface area (Å²) in [6, 6.07) is -0.313. The van der Waals surface area contributed by atoms with E-state index in [9.17, 15) is 9.59 Å². The van der Waals surface area contributed by atoms with Gasteiger partial charge in [0.05, 0.1) is 12.1 Å². The number of aldehydes is 1. The third-order valence-corrected chi connectivity index (χ3v) is 2.64. The molecule has 0 saturated carbocycles. The number of hydrogen-bond donors (Lipinski definition) is 1. The molecule has 0 aromatic heterocycles. The molecule has 0 saturated heterocycles. The molecule has 104 valence electrons. The van der Waals surface area contributed by atoms with Crippen LogP contribution in [0.4, 0.5) is 0 Å². The Balaban J connectivity index is 0.00000324. The number of carbonyl (C=O) groups excluding carboxylic acids is 2. The van der Waals surface area contributed by atoms with Gasteiger partial charge in [0.25, 0.3) is 0 Å². The van der Waals surface area contributed by atoms with Gasteiger partial charge in [-0.05, 0) is 27.2 Å². The molecule has 1 aliphatic heterocycles. The van der Waals surface area contributed by atoms with Gasteiger partial charge < -0.3 is 14.8 Å². The average Bonchev–Trinajstić information content (AvgIpc) is 3.00. The number of rotatable bonds is 9. The number of ether oxygens (including phenoxy) is 1. The highest BCUT2D eigenvalue weighted by Gasteiger charge is 2.32. The van der Waals surface area contributed by atoms with E-state index in [4.69, 9.17) is 4.74 Å². The van der Waals surface area contributed by atoms with Crippen molar-refractivity contribution >= 4 is 12.3 Å². The van der Waals surface area contributed by atoms with E-state index in [-0.39, 0.29) is 31.6 Å². The molecule has 0 aromatic rings. The van der Waals surface area contributed by atoms with Crippen LogP contribution in [0.15, 0.2) is 10.2 Å². The molecule has 0 fully saturated rings. The Morgan fingerprint density at radius 3 is 2.67 bits per heavy atom. The topological polar surface area (TPSA) is 80.1 Å². The second kappa shape index (κ2) is 6.58. The Hall–Kier alpha value is -1.30. The zero-order chi connectivity index (χ0) is 13.6. The van der Waals surface area contributed by atoms with Crippen LogP contribution in [0.3, 0.4) is 0 Å². The van der Waals surface area contributed by atoms with Gasteiger partial charge in [0.2, 0.25) is 0 Å². The van der Waals surface area contributed by atoms with Gasteiger partial charge in [0.15, 0.2) is 5.66 Å². The van der Waals surface area contributed by atoms with Crippen LogP contribution >= 0.6 is 0 Å². The highest BCUT2D eigenvalue weighted by Crippen LogP contribution is 2.29.